The largest absolute Gasteiger partial charge is 0.468 e. The van der Waals surface area contributed by atoms with Crippen molar-refractivity contribution >= 4 is 17.7 Å². The van der Waals surface area contributed by atoms with E-state index in [-0.39, 0.29) is 12.0 Å². The molecule has 1 fully saturated rings. The molecule has 0 aliphatic carbocycles. The van der Waals surface area contributed by atoms with E-state index in [1.165, 1.54) is 17.6 Å². The quantitative estimate of drug-likeness (QED) is 0.662. The van der Waals surface area contributed by atoms with Gasteiger partial charge in [-0.3, -0.25) is 9.69 Å². The summed E-state index contributed by atoms with van der Waals surface area (Å²) in [6, 6.07) is 8.11. The first-order chi connectivity index (χ1) is 9.60. The number of carbonyl (C=O) groups is 1. The summed E-state index contributed by atoms with van der Waals surface area (Å²) in [5.41, 5.74) is 1.25. The fourth-order valence-electron chi connectivity index (χ4n) is 2.42. The summed E-state index contributed by atoms with van der Waals surface area (Å²) in [7, 11) is 1.40. The Kier molecular flexibility index (Phi) is 5.46. The van der Waals surface area contributed by atoms with Gasteiger partial charge in [0.2, 0.25) is 0 Å². The van der Waals surface area contributed by atoms with Crippen molar-refractivity contribution in [2.45, 2.75) is 30.4 Å². The number of likely N-dealkylation sites (tertiary alicyclic amines) is 1. The lowest BCUT2D eigenvalue weighted by molar-refractivity contribution is -0.145. The van der Waals surface area contributed by atoms with Crippen molar-refractivity contribution in [3.8, 4) is 0 Å². The Morgan fingerprint density at radius 1 is 1.45 bits per heavy atom. The Morgan fingerprint density at radius 2 is 2.15 bits per heavy atom. The van der Waals surface area contributed by atoms with Gasteiger partial charge in [-0.2, -0.15) is 0 Å². The summed E-state index contributed by atoms with van der Waals surface area (Å²) in [5, 5.41) is 9.71. The van der Waals surface area contributed by atoms with Gasteiger partial charge in [-0.1, -0.05) is 17.7 Å². The molecule has 5 heteroatoms. The van der Waals surface area contributed by atoms with Crippen LogP contribution in [0.1, 0.15) is 12.0 Å². The van der Waals surface area contributed by atoms with Gasteiger partial charge in [0, 0.05) is 30.2 Å². The van der Waals surface area contributed by atoms with Crippen LogP contribution in [0.5, 0.6) is 0 Å². The summed E-state index contributed by atoms with van der Waals surface area (Å²) in [4.78, 5) is 14.9. The molecule has 2 atom stereocenters. The van der Waals surface area contributed by atoms with E-state index in [9.17, 15) is 9.90 Å². The predicted octanol–water partition coefficient (Wildman–Crippen LogP) is 1.70. The zero-order valence-electron chi connectivity index (χ0n) is 11.9. The zero-order chi connectivity index (χ0) is 14.5. The van der Waals surface area contributed by atoms with E-state index in [4.69, 9.17) is 4.74 Å². The fourth-order valence-corrected chi connectivity index (χ4v) is 3.31. The highest BCUT2D eigenvalue weighted by Crippen LogP contribution is 2.22. The predicted molar refractivity (Wildman–Crippen MR) is 79.9 cm³/mol. The number of β-amino-alcohol motifs (C(OH)–C–C–N with tert-alkyl or cyclic N) is 1. The number of aliphatic hydroxyl groups is 1. The van der Waals surface area contributed by atoms with Crippen molar-refractivity contribution in [2.24, 2.45) is 0 Å². The Labute approximate surface area is 124 Å². The van der Waals surface area contributed by atoms with Crippen LogP contribution in [0.4, 0.5) is 0 Å². The van der Waals surface area contributed by atoms with Gasteiger partial charge < -0.3 is 9.84 Å². The molecule has 1 aliphatic rings. The highest BCUT2D eigenvalue weighted by Gasteiger charge is 2.36. The molecule has 110 valence electrons. The SMILES string of the molecule is COC(=O)C1CC(O)CN1CCSc1ccc(C)cc1. The number of hydrogen-bond donors (Lipinski definition) is 1. The highest BCUT2D eigenvalue weighted by molar-refractivity contribution is 7.99. The minimum absolute atomic E-state index is 0.248. The van der Waals surface area contributed by atoms with Crippen LogP contribution < -0.4 is 0 Å². The summed E-state index contributed by atoms with van der Waals surface area (Å²) >= 11 is 1.76. The Morgan fingerprint density at radius 3 is 2.80 bits per heavy atom. The van der Waals surface area contributed by atoms with E-state index < -0.39 is 6.10 Å². The second kappa shape index (κ2) is 7.11. The van der Waals surface area contributed by atoms with Crippen LogP contribution in [0.15, 0.2) is 29.2 Å². The summed E-state index contributed by atoms with van der Waals surface area (Å²) < 4.78 is 4.79. The molecular formula is C15H21NO3S. The Bertz CT molecular complexity index is 449. The minimum atomic E-state index is -0.427. The molecule has 4 nitrogen and oxygen atoms in total. The molecule has 1 aromatic rings. The van der Waals surface area contributed by atoms with Crippen LogP contribution >= 0.6 is 11.8 Å². The topological polar surface area (TPSA) is 49.8 Å². The maximum Gasteiger partial charge on any atom is 0.323 e. The standard InChI is InChI=1S/C15H21NO3S/c1-11-3-5-13(6-4-11)20-8-7-16-10-12(17)9-14(16)15(18)19-2/h3-6,12,14,17H,7-10H2,1-2H3. The van der Waals surface area contributed by atoms with Crippen molar-refractivity contribution in [3.05, 3.63) is 29.8 Å². The number of esters is 1. The molecule has 1 aliphatic heterocycles. The average molecular weight is 295 g/mol. The van der Waals surface area contributed by atoms with Crippen LogP contribution in [0.2, 0.25) is 0 Å². The van der Waals surface area contributed by atoms with Gasteiger partial charge in [0.15, 0.2) is 0 Å². The van der Waals surface area contributed by atoms with Gasteiger partial charge in [-0.15, -0.1) is 11.8 Å². The maximum atomic E-state index is 11.7. The molecule has 0 amide bonds. The number of ether oxygens (including phenoxy) is 1. The summed E-state index contributed by atoms with van der Waals surface area (Å²) in [5.74, 6) is 0.644. The van der Waals surface area contributed by atoms with E-state index in [0.717, 1.165) is 12.3 Å². The first-order valence-electron chi connectivity index (χ1n) is 6.79. The number of nitrogens with zero attached hydrogens (tertiary/aromatic N) is 1. The number of methoxy groups -OCH3 is 1. The molecule has 2 rings (SSSR count). The van der Waals surface area contributed by atoms with Gasteiger partial charge in [0.05, 0.1) is 13.2 Å². The molecular weight excluding hydrogens is 274 g/mol. The van der Waals surface area contributed by atoms with Crippen LogP contribution in [0.3, 0.4) is 0 Å². The van der Waals surface area contributed by atoms with Gasteiger partial charge >= 0.3 is 5.97 Å². The normalized spacial score (nSPS) is 22.9. The number of aryl methyl sites for hydroxylation is 1. The number of hydrogen-bond acceptors (Lipinski definition) is 5. The van der Waals surface area contributed by atoms with E-state index in [1.807, 2.05) is 4.90 Å². The number of carbonyl (C=O) groups excluding carboxylic acids is 1. The van der Waals surface area contributed by atoms with Gasteiger partial charge in [0.1, 0.15) is 6.04 Å². The molecule has 20 heavy (non-hydrogen) atoms. The lowest BCUT2D eigenvalue weighted by Gasteiger charge is -2.21. The monoisotopic (exact) mass is 295 g/mol. The van der Waals surface area contributed by atoms with Crippen LogP contribution in [0.25, 0.3) is 0 Å². The average Bonchev–Trinajstić information content (AvgIpc) is 2.81. The lowest BCUT2D eigenvalue weighted by atomic mass is 10.2. The first-order valence-corrected chi connectivity index (χ1v) is 7.78. The molecule has 1 saturated heterocycles. The lowest BCUT2D eigenvalue weighted by Crippen LogP contribution is -2.38. The fraction of sp³-hybridized carbons (Fsp3) is 0.533. The van der Waals surface area contributed by atoms with E-state index in [1.54, 1.807) is 11.8 Å². The van der Waals surface area contributed by atoms with E-state index in [2.05, 4.69) is 31.2 Å². The van der Waals surface area contributed by atoms with Crippen LogP contribution in [-0.2, 0) is 9.53 Å². The molecule has 0 spiro atoms. The number of benzene rings is 1. The van der Waals surface area contributed by atoms with Crippen LogP contribution in [0, 0.1) is 6.92 Å². The molecule has 1 N–H and O–H groups in total. The first kappa shape index (κ1) is 15.4. The summed E-state index contributed by atoms with van der Waals surface area (Å²) in [6.45, 7) is 3.39. The van der Waals surface area contributed by atoms with Crippen molar-refractivity contribution in [3.63, 3.8) is 0 Å². The maximum absolute atomic E-state index is 11.7. The van der Waals surface area contributed by atoms with Gasteiger partial charge in [0.25, 0.3) is 0 Å². The van der Waals surface area contributed by atoms with Crippen molar-refractivity contribution in [1.29, 1.82) is 0 Å². The Hall–Kier alpha value is -1.04. The van der Waals surface area contributed by atoms with Crippen LogP contribution in [-0.4, -0.2) is 54.1 Å². The molecule has 0 saturated carbocycles. The third-order valence-corrected chi connectivity index (χ3v) is 4.52. The number of thioether (sulfide) groups is 1. The van der Waals surface area contributed by atoms with Crippen molar-refractivity contribution in [2.75, 3.05) is 26.0 Å². The van der Waals surface area contributed by atoms with Crippen molar-refractivity contribution < 1.29 is 14.6 Å². The second-order valence-corrected chi connectivity index (χ2v) is 6.25. The number of rotatable bonds is 5. The third kappa shape index (κ3) is 3.98. The molecule has 1 aromatic carbocycles. The minimum Gasteiger partial charge on any atom is -0.468 e. The third-order valence-electron chi connectivity index (χ3n) is 3.52. The van der Waals surface area contributed by atoms with E-state index in [0.29, 0.717) is 13.0 Å². The zero-order valence-corrected chi connectivity index (χ0v) is 12.7. The molecule has 2 unspecified atom stereocenters. The molecule has 0 bridgehead atoms. The Balaban J connectivity index is 1.83. The van der Waals surface area contributed by atoms with Gasteiger partial charge in [-0.25, -0.2) is 0 Å². The highest BCUT2D eigenvalue weighted by atomic mass is 32.2. The number of aliphatic hydroxyl groups excluding tert-OH is 1. The summed E-state index contributed by atoms with van der Waals surface area (Å²) in [6.07, 6.45) is 0.0467. The van der Waals surface area contributed by atoms with E-state index >= 15 is 0 Å². The molecule has 0 radical (unpaired) electrons. The van der Waals surface area contributed by atoms with Gasteiger partial charge in [-0.05, 0) is 19.1 Å². The smallest absolute Gasteiger partial charge is 0.323 e. The molecule has 0 aromatic heterocycles. The molecule has 1 heterocycles. The second-order valence-electron chi connectivity index (χ2n) is 5.08. The van der Waals surface area contributed by atoms with Crippen molar-refractivity contribution in [1.82, 2.24) is 4.90 Å².